The van der Waals surface area contributed by atoms with Gasteiger partial charge in [-0.25, -0.2) is 4.79 Å². The summed E-state index contributed by atoms with van der Waals surface area (Å²) in [6.45, 7) is 0.705. The molecule has 0 heterocycles. The quantitative estimate of drug-likeness (QED) is 0.557. The first-order chi connectivity index (χ1) is 10.5. The number of nitro groups is 1. The highest BCUT2D eigenvalue weighted by molar-refractivity contribution is 5.87. The number of benzene rings is 2. The lowest BCUT2D eigenvalue weighted by atomic mass is 10.1. The number of aromatic carboxylic acids is 1. The molecule has 3 N–H and O–H groups in total. The molecule has 0 spiro atoms. The molecule has 0 aliphatic rings. The molecule has 0 amide bonds. The molecule has 0 saturated heterocycles. The number of nitrogens with one attached hydrogen (secondary N) is 1. The van der Waals surface area contributed by atoms with E-state index < -0.39 is 10.9 Å². The van der Waals surface area contributed by atoms with E-state index in [9.17, 15) is 20.0 Å². The summed E-state index contributed by atoms with van der Waals surface area (Å²) >= 11 is 0. The minimum atomic E-state index is -0.985. The zero-order valence-electron chi connectivity index (χ0n) is 11.5. The van der Waals surface area contributed by atoms with E-state index in [0.717, 1.165) is 5.56 Å². The second-order valence-corrected chi connectivity index (χ2v) is 4.68. The average Bonchev–Trinajstić information content (AvgIpc) is 2.49. The fraction of sp³-hybridized carbons (Fsp3) is 0.133. The predicted octanol–water partition coefficient (Wildman–Crippen LogP) is 2.29. The number of carboxylic acid groups (broad SMARTS) is 1. The van der Waals surface area contributed by atoms with E-state index >= 15 is 0 Å². The van der Waals surface area contributed by atoms with Gasteiger partial charge in [0.05, 0.1) is 10.5 Å². The van der Waals surface area contributed by atoms with E-state index in [-0.39, 0.29) is 23.5 Å². The van der Waals surface area contributed by atoms with Gasteiger partial charge in [0.1, 0.15) is 5.75 Å². The summed E-state index contributed by atoms with van der Waals surface area (Å²) in [5.74, 6) is -1.000. The molecular weight excluding hydrogens is 288 g/mol. The number of phenolic OH excluding ortho intramolecular Hbond substituents is 1. The maximum Gasteiger partial charge on any atom is 0.335 e. The number of phenols is 1. The Kier molecular flexibility index (Phi) is 4.70. The van der Waals surface area contributed by atoms with Gasteiger partial charge >= 0.3 is 5.97 Å². The second-order valence-electron chi connectivity index (χ2n) is 4.68. The number of carboxylic acids is 1. The molecule has 0 unspecified atom stereocenters. The molecular formula is C15H14N2O5. The number of nitro benzene ring substituents is 1. The van der Waals surface area contributed by atoms with Crippen molar-refractivity contribution in [2.45, 2.75) is 13.1 Å². The van der Waals surface area contributed by atoms with E-state index in [0.29, 0.717) is 12.1 Å². The van der Waals surface area contributed by atoms with Crippen molar-refractivity contribution >= 4 is 11.7 Å². The minimum Gasteiger partial charge on any atom is -0.508 e. The molecule has 7 nitrogen and oxygen atoms in total. The highest BCUT2D eigenvalue weighted by Crippen LogP contribution is 2.22. The monoisotopic (exact) mass is 302 g/mol. The van der Waals surface area contributed by atoms with Crippen LogP contribution in [0.1, 0.15) is 21.5 Å². The summed E-state index contributed by atoms with van der Waals surface area (Å²) in [6, 6.07) is 10.2. The smallest absolute Gasteiger partial charge is 0.335 e. The summed E-state index contributed by atoms with van der Waals surface area (Å²) in [4.78, 5) is 20.9. The molecule has 114 valence electrons. The van der Waals surface area contributed by atoms with Crippen molar-refractivity contribution in [2.24, 2.45) is 0 Å². The molecule has 7 heteroatoms. The first kappa shape index (κ1) is 15.5. The maximum atomic E-state index is 10.7. The van der Waals surface area contributed by atoms with Crippen LogP contribution in [0.5, 0.6) is 5.75 Å². The minimum absolute atomic E-state index is 0.0145. The summed E-state index contributed by atoms with van der Waals surface area (Å²) in [6.07, 6.45) is 0. The SMILES string of the molecule is O=C(O)c1ccc(CNCc2cc([N+](=O)[O-])ccc2O)cc1. The summed E-state index contributed by atoms with van der Waals surface area (Å²) in [5, 5.41) is 32.2. The normalized spacial score (nSPS) is 10.4. The van der Waals surface area contributed by atoms with Gasteiger partial charge in [0.2, 0.25) is 0 Å². The van der Waals surface area contributed by atoms with E-state index in [1.54, 1.807) is 12.1 Å². The van der Waals surface area contributed by atoms with Gasteiger partial charge in [-0.15, -0.1) is 0 Å². The van der Waals surface area contributed by atoms with Crippen LogP contribution in [0.25, 0.3) is 0 Å². The van der Waals surface area contributed by atoms with Crippen LogP contribution in [-0.4, -0.2) is 21.1 Å². The number of hydrogen-bond donors (Lipinski definition) is 3. The van der Waals surface area contributed by atoms with Crippen LogP contribution in [0.2, 0.25) is 0 Å². The average molecular weight is 302 g/mol. The largest absolute Gasteiger partial charge is 0.508 e. The number of hydrogen-bond acceptors (Lipinski definition) is 5. The molecule has 0 fully saturated rings. The van der Waals surface area contributed by atoms with Crippen molar-refractivity contribution in [2.75, 3.05) is 0 Å². The fourth-order valence-corrected chi connectivity index (χ4v) is 1.93. The number of non-ortho nitro benzene ring substituents is 1. The lowest BCUT2D eigenvalue weighted by Crippen LogP contribution is -2.13. The molecule has 22 heavy (non-hydrogen) atoms. The summed E-state index contributed by atoms with van der Waals surface area (Å²) in [5.41, 5.74) is 1.42. The molecule has 0 aromatic heterocycles. The topological polar surface area (TPSA) is 113 Å². The standard InChI is InChI=1S/C15H14N2O5/c18-14-6-5-13(17(21)22)7-12(14)9-16-8-10-1-3-11(4-2-10)15(19)20/h1-7,16,18H,8-9H2,(H,19,20). The van der Waals surface area contributed by atoms with Gasteiger partial charge in [-0.1, -0.05) is 12.1 Å². The highest BCUT2D eigenvalue weighted by Gasteiger charge is 2.10. The third-order valence-corrected chi connectivity index (χ3v) is 3.12. The van der Waals surface area contributed by atoms with Gasteiger partial charge in [-0.05, 0) is 23.8 Å². The Morgan fingerprint density at radius 1 is 1.14 bits per heavy atom. The van der Waals surface area contributed by atoms with E-state index in [2.05, 4.69) is 5.32 Å². The van der Waals surface area contributed by atoms with Crippen LogP contribution in [0.4, 0.5) is 5.69 Å². The third kappa shape index (κ3) is 3.80. The van der Waals surface area contributed by atoms with Gasteiger partial charge in [0, 0.05) is 30.8 Å². The lowest BCUT2D eigenvalue weighted by molar-refractivity contribution is -0.384. The zero-order chi connectivity index (χ0) is 16.1. The molecule has 2 aromatic carbocycles. The van der Waals surface area contributed by atoms with E-state index in [1.807, 2.05) is 0 Å². The molecule has 0 bridgehead atoms. The Morgan fingerprint density at radius 2 is 1.82 bits per heavy atom. The molecule has 0 atom stereocenters. The maximum absolute atomic E-state index is 10.7. The third-order valence-electron chi connectivity index (χ3n) is 3.12. The van der Waals surface area contributed by atoms with Crippen LogP contribution >= 0.6 is 0 Å². The summed E-state index contributed by atoms with van der Waals surface area (Å²) < 4.78 is 0. The lowest BCUT2D eigenvalue weighted by Gasteiger charge is -2.07. The highest BCUT2D eigenvalue weighted by atomic mass is 16.6. The van der Waals surface area contributed by atoms with E-state index in [4.69, 9.17) is 5.11 Å². The fourth-order valence-electron chi connectivity index (χ4n) is 1.93. The Labute approximate surface area is 126 Å². The molecule has 2 aromatic rings. The number of aromatic hydroxyl groups is 1. The van der Waals surface area contributed by atoms with Crippen molar-refractivity contribution in [3.63, 3.8) is 0 Å². The first-order valence-electron chi connectivity index (χ1n) is 6.46. The van der Waals surface area contributed by atoms with Crippen molar-refractivity contribution in [3.05, 3.63) is 69.3 Å². The van der Waals surface area contributed by atoms with Crippen molar-refractivity contribution < 1.29 is 19.9 Å². The predicted molar refractivity (Wildman–Crippen MR) is 78.7 cm³/mol. The summed E-state index contributed by atoms with van der Waals surface area (Å²) in [7, 11) is 0. The van der Waals surface area contributed by atoms with Crippen LogP contribution in [0.15, 0.2) is 42.5 Å². The Morgan fingerprint density at radius 3 is 2.41 bits per heavy atom. The molecule has 2 rings (SSSR count). The van der Waals surface area contributed by atoms with Gasteiger partial charge in [-0.3, -0.25) is 10.1 Å². The van der Waals surface area contributed by atoms with Crippen molar-refractivity contribution in [3.8, 4) is 5.75 Å². The van der Waals surface area contributed by atoms with Crippen LogP contribution in [0.3, 0.4) is 0 Å². The van der Waals surface area contributed by atoms with Crippen LogP contribution in [0, 0.1) is 10.1 Å². The van der Waals surface area contributed by atoms with Crippen LogP contribution in [-0.2, 0) is 13.1 Å². The molecule has 0 saturated carbocycles. The van der Waals surface area contributed by atoms with Gasteiger partial charge in [0.15, 0.2) is 0 Å². The van der Waals surface area contributed by atoms with Crippen LogP contribution < -0.4 is 5.32 Å². The number of nitrogens with zero attached hydrogens (tertiary/aromatic N) is 1. The van der Waals surface area contributed by atoms with Crippen molar-refractivity contribution in [1.29, 1.82) is 0 Å². The Bertz CT molecular complexity index is 698. The van der Waals surface area contributed by atoms with Gasteiger partial charge < -0.3 is 15.5 Å². The van der Waals surface area contributed by atoms with E-state index in [1.165, 1.54) is 30.3 Å². The molecule has 0 aliphatic carbocycles. The molecule has 0 aliphatic heterocycles. The van der Waals surface area contributed by atoms with Gasteiger partial charge in [-0.2, -0.15) is 0 Å². The first-order valence-corrected chi connectivity index (χ1v) is 6.46. The second kappa shape index (κ2) is 6.68. The Hall–Kier alpha value is -2.93. The van der Waals surface area contributed by atoms with Crippen molar-refractivity contribution in [1.82, 2.24) is 5.32 Å². The number of rotatable bonds is 6. The zero-order valence-corrected chi connectivity index (χ0v) is 11.5. The Balaban J connectivity index is 1.97. The number of carbonyl (C=O) groups is 1. The van der Waals surface area contributed by atoms with Gasteiger partial charge in [0.25, 0.3) is 5.69 Å². The molecule has 0 radical (unpaired) electrons.